The predicted octanol–water partition coefficient (Wildman–Crippen LogP) is 5.52. The number of fused-ring (bicyclic) bond motifs is 7. The molecule has 2 fully saturated rings. The van der Waals surface area contributed by atoms with Gasteiger partial charge in [0.05, 0.1) is 25.3 Å². The van der Waals surface area contributed by atoms with E-state index in [0.717, 1.165) is 47.0 Å². The first-order chi connectivity index (χ1) is 18.2. The first kappa shape index (κ1) is 26.6. The monoisotopic (exact) mass is 535 g/mol. The van der Waals surface area contributed by atoms with E-state index in [-0.39, 0.29) is 11.9 Å². The topological polar surface area (TPSA) is 86.8 Å². The molecule has 0 saturated heterocycles. The highest BCUT2D eigenvalue weighted by molar-refractivity contribution is 7.77. The SMILES string of the molecule is CN(C)S.COC(=O)C12CC1c1cc(OC)ccc1-c1c(C3CCCCC3)c3ccc(C(N)=O)cc3n1C2. The van der Waals surface area contributed by atoms with Crippen molar-refractivity contribution < 1.29 is 19.1 Å². The molecule has 8 heteroatoms. The molecule has 0 bridgehead atoms. The lowest BCUT2D eigenvalue weighted by molar-refractivity contribution is -0.147. The van der Waals surface area contributed by atoms with Crippen molar-refractivity contribution in [1.82, 2.24) is 8.87 Å². The average Bonchev–Trinajstić information content (AvgIpc) is 3.58. The Hall–Kier alpha value is -2.97. The Morgan fingerprint density at radius 3 is 2.42 bits per heavy atom. The van der Waals surface area contributed by atoms with Crippen LogP contribution in [-0.4, -0.2) is 49.1 Å². The van der Waals surface area contributed by atoms with E-state index in [1.165, 1.54) is 37.6 Å². The smallest absolute Gasteiger partial charge is 0.314 e. The molecule has 2 N–H and O–H groups in total. The maximum absolute atomic E-state index is 13.1. The normalized spacial score (nSPS) is 21.9. The van der Waals surface area contributed by atoms with Gasteiger partial charge in [-0.05, 0) is 80.7 Å². The minimum Gasteiger partial charge on any atom is -0.497 e. The number of aromatic nitrogens is 1. The highest BCUT2D eigenvalue weighted by atomic mass is 32.1. The van der Waals surface area contributed by atoms with Gasteiger partial charge in [0.1, 0.15) is 5.75 Å². The summed E-state index contributed by atoms with van der Waals surface area (Å²) >= 11 is 3.80. The third kappa shape index (κ3) is 4.47. The largest absolute Gasteiger partial charge is 0.497 e. The number of carbonyl (C=O) groups excluding carboxylic acids is 2. The van der Waals surface area contributed by atoms with Gasteiger partial charge in [0.25, 0.3) is 0 Å². The summed E-state index contributed by atoms with van der Waals surface area (Å²) in [6.45, 7) is 0.530. The lowest BCUT2D eigenvalue weighted by Gasteiger charge is -2.24. The molecule has 1 aromatic heterocycles. The minimum atomic E-state index is -0.611. The van der Waals surface area contributed by atoms with Crippen molar-refractivity contribution in [3.63, 3.8) is 0 Å². The Morgan fingerprint density at radius 2 is 1.79 bits per heavy atom. The highest BCUT2D eigenvalue weighted by Crippen LogP contribution is 2.65. The van der Waals surface area contributed by atoms with E-state index in [1.807, 2.05) is 32.3 Å². The number of methoxy groups -OCH3 is 2. The number of rotatable bonds is 4. The standard InChI is InChI=1S/C28H30N2O4.C2H7NS/c1-33-18-9-11-19-21(13-18)22-14-28(22,27(32)34-2)15-30-23-12-17(26(29)31)8-10-20(23)24(25(19)30)16-6-4-3-5-7-16;1-3(2)4/h8-13,16,22H,3-7,14-15H2,1-2H3,(H2,29,31);4H,1-2H3. The molecule has 202 valence electrons. The number of nitrogens with zero attached hydrogens (tertiary/aromatic N) is 2. The zero-order valence-corrected chi connectivity index (χ0v) is 23.5. The summed E-state index contributed by atoms with van der Waals surface area (Å²) in [6.07, 6.45) is 6.77. The van der Waals surface area contributed by atoms with Crippen LogP contribution in [0.25, 0.3) is 22.2 Å². The Kier molecular flexibility index (Phi) is 7.22. The Bertz CT molecular complexity index is 1390. The Labute approximate surface area is 229 Å². The summed E-state index contributed by atoms with van der Waals surface area (Å²) in [6, 6.07) is 12.0. The molecule has 2 aliphatic carbocycles. The lowest BCUT2D eigenvalue weighted by atomic mass is 9.81. The van der Waals surface area contributed by atoms with Gasteiger partial charge >= 0.3 is 5.97 Å². The zero-order valence-electron chi connectivity index (χ0n) is 22.6. The Morgan fingerprint density at radius 1 is 1.08 bits per heavy atom. The molecular weight excluding hydrogens is 498 g/mol. The summed E-state index contributed by atoms with van der Waals surface area (Å²) in [5.74, 6) is 0.710. The van der Waals surface area contributed by atoms with Crippen LogP contribution in [0.5, 0.6) is 5.75 Å². The molecule has 3 aromatic rings. The summed E-state index contributed by atoms with van der Waals surface area (Å²) in [5.41, 5.74) is 11.4. The average molecular weight is 536 g/mol. The fourth-order valence-corrected chi connectivity index (χ4v) is 6.62. The molecule has 0 spiro atoms. The molecule has 38 heavy (non-hydrogen) atoms. The van der Waals surface area contributed by atoms with Gasteiger partial charge in [-0.25, -0.2) is 0 Å². The third-order valence-corrected chi connectivity index (χ3v) is 8.40. The number of thiol groups is 1. The first-order valence-electron chi connectivity index (χ1n) is 13.3. The molecule has 0 radical (unpaired) electrons. The van der Waals surface area contributed by atoms with Gasteiger partial charge in [-0.15, -0.1) is 0 Å². The van der Waals surface area contributed by atoms with Crippen molar-refractivity contribution >= 4 is 35.6 Å². The van der Waals surface area contributed by atoms with Crippen LogP contribution in [0.4, 0.5) is 0 Å². The molecular formula is C30H37N3O4S. The second-order valence-electron chi connectivity index (χ2n) is 11.0. The maximum atomic E-state index is 13.1. The van der Waals surface area contributed by atoms with Crippen molar-refractivity contribution in [2.75, 3.05) is 28.3 Å². The lowest BCUT2D eigenvalue weighted by Crippen LogP contribution is -2.24. The zero-order chi connectivity index (χ0) is 27.2. The van der Waals surface area contributed by atoms with Crippen LogP contribution in [0.1, 0.15) is 71.8 Å². The van der Waals surface area contributed by atoms with Crippen molar-refractivity contribution in [2.24, 2.45) is 11.1 Å². The van der Waals surface area contributed by atoms with Crippen LogP contribution >= 0.6 is 12.8 Å². The van der Waals surface area contributed by atoms with Crippen LogP contribution in [-0.2, 0) is 16.1 Å². The van der Waals surface area contributed by atoms with Gasteiger partial charge in [0.2, 0.25) is 5.91 Å². The molecule has 2 unspecified atom stereocenters. The molecule has 6 rings (SSSR count). The first-order valence-corrected chi connectivity index (χ1v) is 13.7. The minimum absolute atomic E-state index is 0.0820. The van der Waals surface area contributed by atoms with Crippen LogP contribution in [0.15, 0.2) is 36.4 Å². The quantitative estimate of drug-likeness (QED) is 0.340. The molecule has 1 amide bonds. The summed E-state index contributed by atoms with van der Waals surface area (Å²) in [5, 5.41) is 1.16. The maximum Gasteiger partial charge on any atom is 0.314 e. The summed E-state index contributed by atoms with van der Waals surface area (Å²) in [7, 11) is 6.87. The van der Waals surface area contributed by atoms with Crippen molar-refractivity contribution in [2.45, 2.75) is 56.9 Å². The molecule has 1 aliphatic heterocycles. The number of benzene rings is 2. The fourth-order valence-electron chi connectivity index (χ4n) is 6.62. The highest BCUT2D eigenvalue weighted by Gasteiger charge is 2.63. The van der Waals surface area contributed by atoms with Gasteiger partial charge < -0.3 is 19.8 Å². The molecule has 2 atom stereocenters. The molecule has 2 aromatic carbocycles. The summed E-state index contributed by atoms with van der Waals surface area (Å²) < 4.78 is 14.9. The number of nitrogens with two attached hydrogens (primary N) is 1. The van der Waals surface area contributed by atoms with Gasteiger partial charge in [-0.2, -0.15) is 0 Å². The number of hydrogen-bond donors (Lipinski definition) is 2. The third-order valence-electron chi connectivity index (χ3n) is 8.40. The number of ether oxygens (including phenoxy) is 2. The van der Waals surface area contributed by atoms with E-state index in [2.05, 4.69) is 35.6 Å². The van der Waals surface area contributed by atoms with E-state index in [9.17, 15) is 9.59 Å². The van der Waals surface area contributed by atoms with Crippen molar-refractivity contribution in [3.05, 3.63) is 53.1 Å². The number of esters is 1. The number of hydrogen-bond acceptors (Lipinski definition) is 6. The number of carbonyl (C=O) groups is 2. The van der Waals surface area contributed by atoms with Crippen molar-refractivity contribution in [1.29, 1.82) is 0 Å². The second kappa shape index (κ2) is 10.3. The van der Waals surface area contributed by atoms with Gasteiger partial charge in [0.15, 0.2) is 0 Å². The summed E-state index contributed by atoms with van der Waals surface area (Å²) in [4.78, 5) is 25.2. The van der Waals surface area contributed by atoms with Gasteiger partial charge in [0, 0.05) is 34.5 Å². The second-order valence-corrected chi connectivity index (χ2v) is 11.8. The molecule has 2 saturated carbocycles. The molecule has 7 nitrogen and oxygen atoms in total. The van der Waals surface area contributed by atoms with E-state index in [4.69, 9.17) is 15.2 Å². The van der Waals surface area contributed by atoms with E-state index in [0.29, 0.717) is 18.0 Å². The van der Waals surface area contributed by atoms with Gasteiger partial charge in [-0.3, -0.25) is 13.9 Å². The fraction of sp³-hybridized carbons (Fsp3) is 0.467. The van der Waals surface area contributed by atoms with Crippen LogP contribution in [0.2, 0.25) is 0 Å². The van der Waals surface area contributed by atoms with Crippen LogP contribution in [0, 0.1) is 5.41 Å². The Balaban J connectivity index is 0.000000689. The molecule has 2 heterocycles. The van der Waals surface area contributed by atoms with Crippen LogP contribution in [0.3, 0.4) is 0 Å². The van der Waals surface area contributed by atoms with E-state index >= 15 is 0 Å². The number of primary amides is 1. The number of amides is 1. The van der Waals surface area contributed by atoms with E-state index in [1.54, 1.807) is 11.4 Å². The predicted molar refractivity (Wildman–Crippen MR) is 153 cm³/mol. The van der Waals surface area contributed by atoms with Crippen LogP contribution < -0.4 is 10.5 Å². The molecule has 3 aliphatic rings. The van der Waals surface area contributed by atoms with Gasteiger partial charge in [-0.1, -0.05) is 38.1 Å². The van der Waals surface area contributed by atoms with Crippen molar-refractivity contribution in [3.8, 4) is 17.0 Å². The van der Waals surface area contributed by atoms with E-state index < -0.39 is 11.3 Å².